The van der Waals surface area contributed by atoms with Gasteiger partial charge in [0.05, 0.1) is 5.56 Å². The Morgan fingerprint density at radius 3 is 1.96 bits per heavy atom. The van der Waals surface area contributed by atoms with E-state index in [4.69, 9.17) is 0 Å². The minimum Gasteiger partial charge on any atom is -0.507 e. The van der Waals surface area contributed by atoms with Crippen molar-refractivity contribution in [3.05, 3.63) is 89.0 Å². The standard InChI is InChI=1S/C22H18N2O3/c1-24-12-8-17(9-13-24)3-5-19-15-20(22(26)27)14-18(21(19)25)4-2-16-6-10-23-11-7-16/h2-15H,1H3,(H,26,27)/p+1/b4-2+. The second-order valence-electron chi connectivity index (χ2n) is 6.05. The molecule has 0 bridgehead atoms. The normalized spacial score (nSPS) is 11.3. The Hall–Kier alpha value is -3.73. The highest BCUT2D eigenvalue weighted by Gasteiger charge is 2.11. The molecule has 2 heterocycles. The number of pyridine rings is 2. The fraction of sp³-hybridized carbons (Fsp3) is 0.0455. The smallest absolute Gasteiger partial charge is 0.335 e. The average Bonchev–Trinajstić information content (AvgIpc) is 2.68. The van der Waals surface area contributed by atoms with Crippen molar-refractivity contribution in [2.24, 2.45) is 7.05 Å². The van der Waals surface area contributed by atoms with Gasteiger partial charge in [0.2, 0.25) is 0 Å². The second kappa shape index (κ2) is 8.10. The van der Waals surface area contributed by atoms with E-state index in [0.29, 0.717) is 11.1 Å². The van der Waals surface area contributed by atoms with Crippen LogP contribution in [0.25, 0.3) is 24.3 Å². The van der Waals surface area contributed by atoms with Gasteiger partial charge in [0.1, 0.15) is 12.8 Å². The van der Waals surface area contributed by atoms with E-state index in [1.165, 1.54) is 12.1 Å². The summed E-state index contributed by atoms with van der Waals surface area (Å²) in [5.74, 6) is -1.02. The van der Waals surface area contributed by atoms with E-state index in [9.17, 15) is 15.0 Å². The highest BCUT2D eigenvalue weighted by Crippen LogP contribution is 2.28. The van der Waals surface area contributed by atoms with Crippen LogP contribution in [-0.4, -0.2) is 21.2 Å². The van der Waals surface area contributed by atoms with Crippen LogP contribution in [-0.2, 0) is 7.05 Å². The Bertz CT molecular complexity index is 1010. The minimum absolute atomic E-state index is 0.0306. The number of rotatable bonds is 5. The van der Waals surface area contributed by atoms with E-state index in [2.05, 4.69) is 4.98 Å². The number of nitrogens with zero attached hydrogens (tertiary/aromatic N) is 2. The number of phenols is 1. The Balaban J connectivity index is 1.98. The highest BCUT2D eigenvalue weighted by atomic mass is 16.4. The Labute approximate surface area is 157 Å². The summed E-state index contributed by atoms with van der Waals surface area (Å²) in [4.78, 5) is 15.4. The molecule has 0 spiro atoms. The Kier molecular flexibility index (Phi) is 5.42. The zero-order valence-electron chi connectivity index (χ0n) is 14.8. The number of hydrogen-bond donors (Lipinski definition) is 2. The predicted octanol–water partition coefficient (Wildman–Crippen LogP) is 3.65. The molecule has 0 aliphatic carbocycles. The van der Waals surface area contributed by atoms with Crippen molar-refractivity contribution in [3.63, 3.8) is 0 Å². The van der Waals surface area contributed by atoms with Crippen molar-refractivity contribution in [1.29, 1.82) is 0 Å². The first-order valence-electron chi connectivity index (χ1n) is 8.35. The maximum absolute atomic E-state index is 11.5. The fourth-order valence-corrected chi connectivity index (χ4v) is 2.53. The zero-order valence-corrected chi connectivity index (χ0v) is 14.8. The minimum atomic E-state index is -1.05. The number of aromatic carboxylic acids is 1. The molecule has 27 heavy (non-hydrogen) atoms. The van der Waals surface area contributed by atoms with Gasteiger partial charge in [-0.1, -0.05) is 24.3 Å². The first kappa shape index (κ1) is 18.1. The summed E-state index contributed by atoms with van der Waals surface area (Å²) < 4.78 is 1.92. The molecule has 3 aromatic rings. The van der Waals surface area contributed by atoms with Crippen LogP contribution in [0, 0.1) is 0 Å². The van der Waals surface area contributed by atoms with Gasteiger partial charge in [0, 0.05) is 35.7 Å². The lowest BCUT2D eigenvalue weighted by Crippen LogP contribution is -2.25. The third-order valence-electron chi connectivity index (χ3n) is 4.04. The molecule has 0 aliphatic rings. The monoisotopic (exact) mass is 359 g/mol. The number of carboxylic acids is 1. The van der Waals surface area contributed by atoms with Crippen LogP contribution >= 0.6 is 0 Å². The van der Waals surface area contributed by atoms with Gasteiger partial charge in [-0.05, 0) is 35.4 Å². The Morgan fingerprint density at radius 1 is 0.926 bits per heavy atom. The van der Waals surface area contributed by atoms with Crippen LogP contribution in [0.2, 0.25) is 0 Å². The van der Waals surface area contributed by atoms with Gasteiger partial charge in [0.25, 0.3) is 0 Å². The number of aromatic hydroxyl groups is 1. The second-order valence-corrected chi connectivity index (χ2v) is 6.05. The van der Waals surface area contributed by atoms with Crippen molar-refractivity contribution in [2.45, 2.75) is 0 Å². The number of benzene rings is 1. The van der Waals surface area contributed by atoms with Crippen molar-refractivity contribution in [2.75, 3.05) is 0 Å². The van der Waals surface area contributed by atoms with Crippen LogP contribution in [0.15, 0.2) is 61.2 Å². The molecule has 1 aromatic carbocycles. The average molecular weight is 359 g/mol. The molecular weight excluding hydrogens is 340 g/mol. The maximum Gasteiger partial charge on any atom is 0.335 e. The molecule has 0 saturated heterocycles. The molecule has 134 valence electrons. The zero-order chi connectivity index (χ0) is 19.2. The van der Waals surface area contributed by atoms with Crippen molar-refractivity contribution < 1.29 is 19.6 Å². The van der Waals surface area contributed by atoms with Gasteiger partial charge in [-0.15, -0.1) is 0 Å². The molecule has 0 saturated carbocycles. The van der Waals surface area contributed by atoms with Gasteiger partial charge in [-0.2, -0.15) is 0 Å². The van der Waals surface area contributed by atoms with Crippen molar-refractivity contribution in [1.82, 2.24) is 4.98 Å². The number of phenolic OH excluding ortho intramolecular Hbond substituents is 1. The lowest BCUT2D eigenvalue weighted by atomic mass is 10.0. The van der Waals surface area contributed by atoms with Crippen LogP contribution < -0.4 is 4.57 Å². The number of carboxylic acid groups (broad SMARTS) is 1. The van der Waals surface area contributed by atoms with Crippen molar-refractivity contribution >= 4 is 30.3 Å². The molecule has 0 unspecified atom stereocenters. The largest absolute Gasteiger partial charge is 0.507 e. The fourth-order valence-electron chi connectivity index (χ4n) is 2.53. The number of aryl methyl sites for hydroxylation is 1. The maximum atomic E-state index is 11.5. The molecule has 0 radical (unpaired) electrons. The summed E-state index contributed by atoms with van der Waals surface area (Å²) in [6.45, 7) is 0. The molecule has 0 amide bonds. The van der Waals surface area contributed by atoms with E-state index < -0.39 is 5.97 Å². The molecule has 0 atom stereocenters. The van der Waals surface area contributed by atoms with Crippen molar-refractivity contribution in [3.8, 4) is 5.75 Å². The number of aromatic nitrogens is 2. The molecule has 2 N–H and O–H groups in total. The first-order chi connectivity index (χ1) is 13.0. The molecule has 2 aromatic heterocycles. The van der Waals surface area contributed by atoms with E-state index >= 15 is 0 Å². The van der Waals surface area contributed by atoms with E-state index in [1.54, 1.807) is 30.6 Å². The number of carbonyl (C=O) groups is 1. The van der Waals surface area contributed by atoms with E-state index in [-0.39, 0.29) is 11.3 Å². The third kappa shape index (κ3) is 4.67. The van der Waals surface area contributed by atoms with Crippen LogP contribution in [0.4, 0.5) is 0 Å². The Morgan fingerprint density at radius 2 is 1.44 bits per heavy atom. The topological polar surface area (TPSA) is 74.3 Å². The summed E-state index contributed by atoms with van der Waals surface area (Å²) in [6, 6.07) is 10.4. The first-order valence-corrected chi connectivity index (χ1v) is 8.35. The highest BCUT2D eigenvalue weighted by molar-refractivity contribution is 5.92. The van der Waals surface area contributed by atoms with Gasteiger partial charge >= 0.3 is 5.97 Å². The van der Waals surface area contributed by atoms with E-state index in [0.717, 1.165) is 11.1 Å². The SMILES string of the molecule is C[n+]1ccc(/C=C/c2cc(C(=O)O)cc(/C=C/c3ccncc3)c2O)cc1. The summed E-state index contributed by atoms with van der Waals surface area (Å²) >= 11 is 0. The quantitative estimate of drug-likeness (QED) is 0.682. The molecule has 3 rings (SSSR count). The van der Waals surface area contributed by atoms with Gasteiger partial charge in [-0.25, -0.2) is 9.36 Å². The predicted molar refractivity (Wildman–Crippen MR) is 105 cm³/mol. The molecule has 5 heteroatoms. The summed E-state index contributed by atoms with van der Waals surface area (Å²) in [5, 5.41) is 20.0. The third-order valence-corrected chi connectivity index (χ3v) is 4.04. The molecule has 5 nitrogen and oxygen atoms in total. The lowest BCUT2D eigenvalue weighted by Gasteiger charge is -2.07. The van der Waals surface area contributed by atoms with Gasteiger partial charge in [-0.3, -0.25) is 4.98 Å². The summed E-state index contributed by atoms with van der Waals surface area (Å²) in [5.41, 5.74) is 2.84. The summed E-state index contributed by atoms with van der Waals surface area (Å²) in [7, 11) is 1.93. The van der Waals surface area contributed by atoms with Crippen LogP contribution in [0.1, 0.15) is 32.6 Å². The lowest BCUT2D eigenvalue weighted by molar-refractivity contribution is -0.671. The van der Waals surface area contributed by atoms with Gasteiger partial charge in [0.15, 0.2) is 12.4 Å². The van der Waals surface area contributed by atoms with Crippen LogP contribution in [0.3, 0.4) is 0 Å². The molecule has 0 aliphatic heterocycles. The molecule has 0 fully saturated rings. The van der Waals surface area contributed by atoms with Gasteiger partial charge < -0.3 is 10.2 Å². The summed E-state index contributed by atoms with van der Waals surface area (Å²) in [6.07, 6.45) is 14.2. The number of hydrogen-bond acceptors (Lipinski definition) is 3. The van der Waals surface area contributed by atoms with E-state index in [1.807, 2.05) is 54.3 Å². The molecular formula is C22H19N2O3+. The van der Waals surface area contributed by atoms with Crippen LogP contribution in [0.5, 0.6) is 5.75 Å².